The van der Waals surface area contributed by atoms with Gasteiger partial charge in [-0.1, -0.05) is 12.2 Å². The Morgan fingerprint density at radius 3 is 2.55 bits per heavy atom. The number of hydrogen-bond donors (Lipinski definition) is 2. The Morgan fingerprint density at radius 1 is 1.30 bits per heavy atom. The molecule has 2 bridgehead atoms. The topological polar surface area (TPSA) is 49.5 Å². The fraction of sp³-hybridized carbons (Fsp3) is 0.533. The van der Waals surface area contributed by atoms with Crippen LogP contribution in [0.2, 0.25) is 0 Å². The predicted molar refractivity (Wildman–Crippen MR) is 79.9 cm³/mol. The lowest BCUT2D eigenvalue weighted by molar-refractivity contribution is 0.0310. The summed E-state index contributed by atoms with van der Waals surface area (Å²) in [7, 11) is 0. The van der Waals surface area contributed by atoms with Gasteiger partial charge in [-0.2, -0.15) is 0 Å². The molecule has 2 fully saturated rings. The van der Waals surface area contributed by atoms with Crippen LogP contribution in [0.1, 0.15) is 36.8 Å². The lowest BCUT2D eigenvalue weighted by Gasteiger charge is -2.37. The Labute approximate surface area is 123 Å². The van der Waals surface area contributed by atoms with Gasteiger partial charge in [-0.05, 0) is 49.4 Å². The highest BCUT2D eigenvalue weighted by atomic mass is 32.1. The molecule has 3 N–H and O–H groups in total. The van der Waals surface area contributed by atoms with Crippen LogP contribution in [-0.4, -0.2) is 33.2 Å². The second kappa shape index (κ2) is 5.39. The second-order valence-corrected chi connectivity index (χ2v) is 6.33. The summed E-state index contributed by atoms with van der Waals surface area (Å²) in [5.41, 5.74) is 7.07. The Morgan fingerprint density at radius 2 is 1.95 bits per heavy atom. The van der Waals surface area contributed by atoms with E-state index in [1.165, 1.54) is 6.07 Å². The number of nitrogens with zero attached hydrogens (tertiary/aromatic N) is 1. The largest absolute Gasteiger partial charge is 0.393 e. The Hall–Kier alpha value is -1.04. The summed E-state index contributed by atoms with van der Waals surface area (Å²) in [6.07, 6.45) is 3.73. The number of benzene rings is 1. The standard InChI is InChI=1S/C15H19FN2OS/c16-11-4-9(3-10(5-11)15(17)20)8-18-12-1-2-13(18)7-14(19)6-12/h3-5,12-14,19H,1-2,6-8H2,(H2,17,20). The van der Waals surface area contributed by atoms with Crippen molar-refractivity contribution in [1.82, 2.24) is 4.90 Å². The van der Waals surface area contributed by atoms with Gasteiger partial charge >= 0.3 is 0 Å². The summed E-state index contributed by atoms with van der Waals surface area (Å²) < 4.78 is 13.6. The molecule has 108 valence electrons. The van der Waals surface area contributed by atoms with Crippen LogP contribution >= 0.6 is 12.2 Å². The molecular formula is C15H19FN2OS. The number of thiocarbonyl (C=S) groups is 1. The van der Waals surface area contributed by atoms with Crippen molar-refractivity contribution in [1.29, 1.82) is 0 Å². The van der Waals surface area contributed by atoms with E-state index >= 15 is 0 Å². The van der Waals surface area contributed by atoms with Gasteiger partial charge in [0.25, 0.3) is 0 Å². The first-order chi connectivity index (χ1) is 9.52. The molecule has 0 radical (unpaired) electrons. The van der Waals surface area contributed by atoms with Crippen LogP contribution in [0, 0.1) is 5.82 Å². The van der Waals surface area contributed by atoms with Gasteiger partial charge in [-0.15, -0.1) is 0 Å². The van der Waals surface area contributed by atoms with Gasteiger partial charge < -0.3 is 10.8 Å². The minimum atomic E-state index is -0.297. The molecule has 2 atom stereocenters. The van der Waals surface area contributed by atoms with Crippen molar-refractivity contribution in [2.24, 2.45) is 5.73 Å². The van der Waals surface area contributed by atoms with Crippen molar-refractivity contribution in [2.45, 2.75) is 50.4 Å². The summed E-state index contributed by atoms with van der Waals surface area (Å²) in [6, 6.07) is 5.63. The highest BCUT2D eigenvalue weighted by molar-refractivity contribution is 7.80. The summed E-state index contributed by atoms with van der Waals surface area (Å²) in [5, 5.41) is 9.81. The average Bonchev–Trinajstić information content (AvgIpc) is 2.61. The first-order valence-electron chi connectivity index (χ1n) is 7.06. The number of halogens is 1. The molecule has 1 aromatic carbocycles. The highest BCUT2D eigenvalue weighted by Crippen LogP contribution is 2.36. The molecule has 2 heterocycles. The van der Waals surface area contributed by atoms with E-state index in [1.54, 1.807) is 6.07 Å². The van der Waals surface area contributed by atoms with E-state index in [2.05, 4.69) is 4.90 Å². The summed E-state index contributed by atoms with van der Waals surface area (Å²) in [4.78, 5) is 2.62. The number of hydrogen-bond acceptors (Lipinski definition) is 3. The number of aliphatic hydroxyl groups is 1. The van der Waals surface area contributed by atoms with Gasteiger partial charge in [0, 0.05) is 24.2 Å². The molecule has 20 heavy (non-hydrogen) atoms. The fourth-order valence-electron chi connectivity index (χ4n) is 3.60. The zero-order valence-electron chi connectivity index (χ0n) is 11.3. The van der Waals surface area contributed by atoms with E-state index in [1.807, 2.05) is 6.07 Å². The number of nitrogens with two attached hydrogens (primary N) is 1. The van der Waals surface area contributed by atoms with E-state index < -0.39 is 0 Å². The molecule has 1 aromatic rings. The van der Waals surface area contributed by atoms with Gasteiger partial charge in [-0.3, -0.25) is 4.90 Å². The molecular weight excluding hydrogens is 275 g/mol. The molecule has 0 aromatic heterocycles. The molecule has 0 aliphatic carbocycles. The third kappa shape index (κ3) is 2.71. The minimum absolute atomic E-state index is 0.177. The third-order valence-corrected chi connectivity index (χ3v) is 4.70. The number of fused-ring (bicyclic) bond motifs is 2. The van der Waals surface area contributed by atoms with Gasteiger partial charge in [0.05, 0.1) is 6.10 Å². The average molecular weight is 294 g/mol. The summed E-state index contributed by atoms with van der Waals surface area (Å²) in [5.74, 6) is -0.297. The number of rotatable bonds is 3. The van der Waals surface area contributed by atoms with Crippen LogP contribution in [0.25, 0.3) is 0 Å². The third-order valence-electron chi connectivity index (χ3n) is 4.47. The van der Waals surface area contributed by atoms with Crippen LogP contribution in [0.15, 0.2) is 18.2 Å². The maximum Gasteiger partial charge on any atom is 0.124 e. The molecule has 0 saturated carbocycles. The van der Waals surface area contributed by atoms with E-state index in [-0.39, 0.29) is 16.9 Å². The van der Waals surface area contributed by atoms with Gasteiger partial charge in [0.2, 0.25) is 0 Å². The predicted octanol–water partition coefficient (Wildman–Crippen LogP) is 1.95. The van der Waals surface area contributed by atoms with Crippen molar-refractivity contribution in [3.63, 3.8) is 0 Å². The first kappa shape index (κ1) is 13.9. The van der Waals surface area contributed by atoms with E-state index in [9.17, 15) is 9.50 Å². The van der Waals surface area contributed by atoms with Crippen molar-refractivity contribution in [3.05, 3.63) is 35.1 Å². The zero-order valence-corrected chi connectivity index (χ0v) is 12.1. The van der Waals surface area contributed by atoms with Crippen molar-refractivity contribution in [3.8, 4) is 0 Å². The molecule has 5 heteroatoms. The lowest BCUT2D eigenvalue weighted by atomic mass is 9.98. The second-order valence-electron chi connectivity index (χ2n) is 5.89. The molecule has 2 saturated heterocycles. The van der Waals surface area contributed by atoms with Crippen LogP contribution in [0.5, 0.6) is 0 Å². The van der Waals surface area contributed by atoms with Crippen molar-refractivity contribution >= 4 is 17.2 Å². The zero-order chi connectivity index (χ0) is 14.3. The van der Waals surface area contributed by atoms with Crippen LogP contribution in [0.4, 0.5) is 4.39 Å². The van der Waals surface area contributed by atoms with Gasteiger partial charge in [0.15, 0.2) is 0 Å². The number of aliphatic hydroxyl groups excluding tert-OH is 1. The summed E-state index contributed by atoms with van der Waals surface area (Å²) >= 11 is 4.92. The Balaban J connectivity index is 1.80. The summed E-state index contributed by atoms with van der Waals surface area (Å²) in [6.45, 7) is 0.704. The van der Waals surface area contributed by atoms with Crippen LogP contribution in [-0.2, 0) is 6.54 Å². The highest BCUT2D eigenvalue weighted by Gasteiger charge is 2.39. The smallest absolute Gasteiger partial charge is 0.124 e. The Bertz CT molecular complexity index is 523. The molecule has 2 unspecified atom stereocenters. The first-order valence-corrected chi connectivity index (χ1v) is 7.47. The monoisotopic (exact) mass is 294 g/mol. The minimum Gasteiger partial charge on any atom is -0.393 e. The molecule has 2 aliphatic heterocycles. The van der Waals surface area contributed by atoms with E-state index in [0.29, 0.717) is 24.2 Å². The molecule has 2 aliphatic rings. The molecule has 3 rings (SSSR count). The molecule has 0 spiro atoms. The normalized spacial score (nSPS) is 29.6. The SMILES string of the molecule is NC(=S)c1cc(F)cc(CN2C3CCC2CC(O)C3)c1. The van der Waals surface area contributed by atoms with Crippen molar-refractivity contribution < 1.29 is 9.50 Å². The van der Waals surface area contributed by atoms with Gasteiger partial charge in [-0.25, -0.2) is 4.39 Å². The maximum absolute atomic E-state index is 13.6. The molecule has 0 amide bonds. The molecule has 3 nitrogen and oxygen atoms in total. The van der Waals surface area contributed by atoms with Crippen LogP contribution < -0.4 is 5.73 Å². The Kier molecular flexibility index (Phi) is 3.75. The van der Waals surface area contributed by atoms with E-state index in [4.69, 9.17) is 18.0 Å². The number of piperidine rings is 1. The van der Waals surface area contributed by atoms with Crippen molar-refractivity contribution in [2.75, 3.05) is 0 Å². The van der Waals surface area contributed by atoms with E-state index in [0.717, 1.165) is 31.2 Å². The fourth-order valence-corrected chi connectivity index (χ4v) is 3.72. The maximum atomic E-state index is 13.6. The quantitative estimate of drug-likeness (QED) is 0.837. The van der Waals surface area contributed by atoms with Crippen LogP contribution in [0.3, 0.4) is 0 Å². The lowest BCUT2D eigenvalue weighted by Crippen LogP contribution is -2.44. The van der Waals surface area contributed by atoms with Gasteiger partial charge in [0.1, 0.15) is 10.8 Å².